The number of nitrogens with one attached hydrogen (secondary N) is 1. The van der Waals surface area contributed by atoms with Crippen LogP contribution in [-0.4, -0.2) is 18.4 Å². The summed E-state index contributed by atoms with van der Waals surface area (Å²) in [6.45, 7) is 4.09. The third kappa shape index (κ3) is 3.27. The first-order chi connectivity index (χ1) is 7.58. The molecule has 0 spiro atoms. The molecule has 1 aromatic rings. The molecule has 1 aromatic carbocycles. The van der Waals surface area contributed by atoms with E-state index in [1.54, 1.807) is 19.2 Å². The predicted octanol–water partition coefficient (Wildman–Crippen LogP) is 2.61. The Labute approximate surface area is 100 Å². The lowest BCUT2D eigenvalue weighted by atomic mass is 10.2. The summed E-state index contributed by atoms with van der Waals surface area (Å²) in [5.41, 5.74) is 2.83. The SMILES string of the molecule is COc1cc(Cl)cc(CNO)c1OC(C)C. The van der Waals surface area contributed by atoms with Crippen molar-refractivity contribution in [1.82, 2.24) is 5.48 Å². The van der Waals surface area contributed by atoms with Crippen molar-refractivity contribution < 1.29 is 14.7 Å². The second-order valence-electron chi connectivity index (χ2n) is 3.60. The van der Waals surface area contributed by atoms with E-state index in [9.17, 15) is 0 Å². The van der Waals surface area contributed by atoms with E-state index in [0.717, 1.165) is 5.56 Å². The smallest absolute Gasteiger partial charge is 0.166 e. The van der Waals surface area contributed by atoms with Gasteiger partial charge in [-0.3, -0.25) is 0 Å². The van der Waals surface area contributed by atoms with Crippen LogP contribution in [0, 0.1) is 0 Å². The quantitative estimate of drug-likeness (QED) is 0.783. The van der Waals surface area contributed by atoms with Gasteiger partial charge in [0.15, 0.2) is 11.5 Å². The highest BCUT2D eigenvalue weighted by Crippen LogP contribution is 2.35. The fraction of sp³-hybridized carbons (Fsp3) is 0.455. The summed E-state index contributed by atoms with van der Waals surface area (Å²) in [4.78, 5) is 0. The van der Waals surface area contributed by atoms with Gasteiger partial charge < -0.3 is 14.7 Å². The van der Waals surface area contributed by atoms with Crippen molar-refractivity contribution >= 4 is 11.6 Å². The van der Waals surface area contributed by atoms with Gasteiger partial charge in [-0.15, -0.1) is 0 Å². The Balaban J connectivity index is 3.15. The standard InChI is InChI=1S/C11H16ClNO3/c1-7(2)16-11-8(6-13-14)4-9(12)5-10(11)15-3/h4-5,7,13-14H,6H2,1-3H3. The third-order valence-corrected chi connectivity index (χ3v) is 2.16. The summed E-state index contributed by atoms with van der Waals surface area (Å²) < 4.78 is 10.8. The van der Waals surface area contributed by atoms with Crippen molar-refractivity contribution in [3.63, 3.8) is 0 Å². The zero-order valence-corrected chi connectivity index (χ0v) is 10.3. The van der Waals surface area contributed by atoms with Crippen LogP contribution in [0.1, 0.15) is 19.4 Å². The number of hydroxylamine groups is 1. The fourth-order valence-corrected chi connectivity index (χ4v) is 1.59. The minimum Gasteiger partial charge on any atom is -0.493 e. The van der Waals surface area contributed by atoms with Crippen molar-refractivity contribution in [2.24, 2.45) is 0 Å². The summed E-state index contributed by atoms with van der Waals surface area (Å²) in [5.74, 6) is 1.16. The minimum absolute atomic E-state index is 0.0209. The average molecular weight is 246 g/mol. The van der Waals surface area contributed by atoms with E-state index >= 15 is 0 Å². The molecule has 16 heavy (non-hydrogen) atoms. The maximum Gasteiger partial charge on any atom is 0.166 e. The van der Waals surface area contributed by atoms with Gasteiger partial charge in [-0.05, 0) is 19.9 Å². The van der Waals surface area contributed by atoms with Gasteiger partial charge in [-0.2, -0.15) is 0 Å². The van der Waals surface area contributed by atoms with Crippen LogP contribution in [0.5, 0.6) is 11.5 Å². The molecule has 0 aliphatic carbocycles. The highest BCUT2D eigenvalue weighted by molar-refractivity contribution is 6.30. The molecule has 0 heterocycles. The van der Waals surface area contributed by atoms with E-state index in [1.807, 2.05) is 13.8 Å². The van der Waals surface area contributed by atoms with E-state index in [2.05, 4.69) is 5.48 Å². The highest BCUT2D eigenvalue weighted by Gasteiger charge is 2.13. The lowest BCUT2D eigenvalue weighted by Crippen LogP contribution is -2.12. The van der Waals surface area contributed by atoms with Crippen molar-refractivity contribution in [3.05, 3.63) is 22.7 Å². The number of hydrogen-bond acceptors (Lipinski definition) is 4. The molecule has 0 bridgehead atoms. The van der Waals surface area contributed by atoms with Gasteiger partial charge in [0.2, 0.25) is 0 Å². The van der Waals surface area contributed by atoms with E-state index in [0.29, 0.717) is 16.5 Å². The molecular weight excluding hydrogens is 230 g/mol. The van der Waals surface area contributed by atoms with Crippen molar-refractivity contribution in [2.75, 3.05) is 7.11 Å². The maximum atomic E-state index is 8.74. The molecule has 0 aliphatic heterocycles. The Bertz CT molecular complexity index is 355. The van der Waals surface area contributed by atoms with Gasteiger partial charge >= 0.3 is 0 Å². The summed E-state index contributed by atoms with van der Waals surface area (Å²) in [6.07, 6.45) is 0.0209. The van der Waals surface area contributed by atoms with Crippen LogP contribution in [0.15, 0.2) is 12.1 Å². The summed E-state index contributed by atoms with van der Waals surface area (Å²) in [7, 11) is 1.55. The van der Waals surface area contributed by atoms with Gasteiger partial charge in [0, 0.05) is 23.2 Å². The van der Waals surface area contributed by atoms with Crippen molar-refractivity contribution in [3.8, 4) is 11.5 Å². The monoisotopic (exact) mass is 245 g/mol. The maximum absolute atomic E-state index is 8.74. The Morgan fingerprint density at radius 1 is 1.44 bits per heavy atom. The van der Waals surface area contributed by atoms with Gasteiger partial charge in [-0.25, -0.2) is 5.48 Å². The second kappa shape index (κ2) is 5.94. The second-order valence-corrected chi connectivity index (χ2v) is 4.03. The van der Waals surface area contributed by atoms with Crippen LogP contribution in [-0.2, 0) is 6.54 Å². The Morgan fingerprint density at radius 3 is 2.62 bits per heavy atom. The molecule has 5 heteroatoms. The summed E-state index contributed by atoms with van der Waals surface area (Å²) in [6, 6.07) is 3.41. The molecule has 4 nitrogen and oxygen atoms in total. The Kier molecular flexibility index (Phi) is 4.86. The normalized spacial score (nSPS) is 10.6. The molecule has 0 radical (unpaired) electrons. The predicted molar refractivity (Wildman–Crippen MR) is 62.4 cm³/mol. The molecular formula is C11H16ClNO3. The lowest BCUT2D eigenvalue weighted by Gasteiger charge is -2.17. The van der Waals surface area contributed by atoms with Gasteiger partial charge in [-0.1, -0.05) is 11.6 Å². The molecule has 0 amide bonds. The molecule has 0 aliphatic rings. The number of methoxy groups -OCH3 is 1. The fourth-order valence-electron chi connectivity index (χ4n) is 1.36. The van der Waals surface area contributed by atoms with Gasteiger partial charge in [0.25, 0.3) is 0 Å². The molecule has 2 N–H and O–H groups in total. The first-order valence-corrected chi connectivity index (χ1v) is 5.36. The van der Waals surface area contributed by atoms with Crippen LogP contribution >= 0.6 is 11.6 Å². The zero-order chi connectivity index (χ0) is 12.1. The average Bonchev–Trinajstić information content (AvgIpc) is 2.21. The third-order valence-electron chi connectivity index (χ3n) is 1.94. The van der Waals surface area contributed by atoms with E-state index in [4.69, 9.17) is 26.3 Å². The lowest BCUT2D eigenvalue weighted by molar-refractivity contribution is 0.157. The summed E-state index contributed by atoms with van der Waals surface area (Å²) in [5, 5.41) is 9.28. The zero-order valence-electron chi connectivity index (χ0n) is 9.58. The largest absolute Gasteiger partial charge is 0.493 e. The van der Waals surface area contributed by atoms with Crippen LogP contribution < -0.4 is 15.0 Å². The van der Waals surface area contributed by atoms with Gasteiger partial charge in [0.05, 0.1) is 13.2 Å². The van der Waals surface area contributed by atoms with Crippen LogP contribution in [0.4, 0.5) is 0 Å². The van der Waals surface area contributed by atoms with Crippen LogP contribution in [0.25, 0.3) is 0 Å². The first kappa shape index (κ1) is 13.1. The Hall–Kier alpha value is -0.970. The van der Waals surface area contributed by atoms with E-state index in [-0.39, 0.29) is 12.6 Å². The molecule has 0 fully saturated rings. The molecule has 90 valence electrons. The number of rotatable bonds is 5. The molecule has 0 aromatic heterocycles. The molecule has 0 saturated carbocycles. The molecule has 0 atom stereocenters. The van der Waals surface area contributed by atoms with Crippen molar-refractivity contribution in [2.45, 2.75) is 26.5 Å². The molecule has 1 rings (SSSR count). The minimum atomic E-state index is 0.0209. The highest BCUT2D eigenvalue weighted by atomic mass is 35.5. The number of halogens is 1. The number of hydrogen-bond donors (Lipinski definition) is 2. The topological polar surface area (TPSA) is 50.7 Å². The first-order valence-electron chi connectivity index (χ1n) is 4.98. The molecule has 0 saturated heterocycles. The number of ether oxygens (including phenoxy) is 2. The van der Waals surface area contributed by atoms with E-state index < -0.39 is 0 Å². The summed E-state index contributed by atoms with van der Waals surface area (Å²) >= 11 is 5.93. The Morgan fingerprint density at radius 2 is 2.12 bits per heavy atom. The number of benzene rings is 1. The van der Waals surface area contributed by atoms with Crippen molar-refractivity contribution in [1.29, 1.82) is 0 Å². The van der Waals surface area contributed by atoms with Crippen LogP contribution in [0.3, 0.4) is 0 Å². The van der Waals surface area contributed by atoms with E-state index in [1.165, 1.54) is 0 Å². The van der Waals surface area contributed by atoms with Crippen LogP contribution in [0.2, 0.25) is 5.02 Å². The van der Waals surface area contributed by atoms with Gasteiger partial charge in [0.1, 0.15) is 0 Å². The molecule has 0 unspecified atom stereocenters.